The van der Waals surface area contributed by atoms with Crippen molar-refractivity contribution in [2.24, 2.45) is 10.2 Å². The van der Waals surface area contributed by atoms with Crippen molar-refractivity contribution < 1.29 is 9.90 Å². The smallest absolute Gasteiger partial charge is 0.296 e. The van der Waals surface area contributed by atoms with E-state index in [0.717, 1.165) is 11.1 Å². The van der Waals surface area contributed by atoms with Crippen molar-refractivity contribution in [2.75, 3.05) is 0 Å². The maximum Gasteiger partial charge on any atom is 0.296 e. The van der Waals surface area contributed by atoms with Gasteiger partial charge in [0.1, 0.15) is 0 Å². The van der Waals surface area contributed by atoms with Gasteiger partial charge in [-0.15, -0.1) is 10.2 Å². The second-order valence-electron chi connectivity index (χ2n) is 7.58. The van der Waals surface area contributed by atoms with Gasteiger partial charge in [0.25, 0.3) is 5.91 Å². The summed E-state index contributed by atoms with van der Waals surface area (Å²) in [5.74, 6) is -0.821. The monoisotopic (exact) mass is 474 g/mol. The molecule has 0 saturated heterocycles. The molecule has 0 aliphatic heterocycles. The second kappa shape index (κ2) is 8.31. The Bertz CT molecular complexity index is 1580. The van der Waals surface area contributed by atoms with E-state index in [2.05, 4.69) is 15.2 Å². The zero-order valence-corrected chi connectivity index (χ0v) is 18.8. The van der Waals surface area contributed by atoms with Gasteiger partial charge in [0, 0.05) is 21.4 Å². The third-order valence-electron chi connectivity index (χ3n) is 5.28. The summed E-state index contributed by atoms with van der Waals surface area (Å²) in [7, 11) is 0. The summed E-state index contributed by atoms with van der Waals surface area (Å²) in [5.41, 5.74) is 4.09. The minimum Gasteiger partial charge on any atom is -0.493 e. The molecule has 0 spiro atoms. The van der Waals surface area contributed by atoms with E-state index >= 15 is 0 Å². The molecule has 5 aromatic rings. The predicted octanol–water partition coefficient (Wildman–Crippen LogP) is 7.63. The van der Waals surface area contributed by atoms with Crippen molar-refractivity contribution in [3.8, 4) is 17.1 Å². The van der Waals surface area contributed by atoms with Crippen LogP contribution >= 0.6 is 23.2 Å². The zero-order chi connectivity index (χ0) is 23.1. The van der Waals surface area contributed by atoms with Crippen molar-refractivity contribution in [1.82, 2.24) is 9.97 Å². The zero-order valence-electron chi connectivity index (χ0n) is 17.3. The first-order valence-corrected chi connectivity index (χ1v) is 10.8. The van der Waals surface area contributed by atoms with E-state index in [0.29, 0.717) is 43.1 Å². The van der Waals surface area contributed by atoms with Crippen LogP contribution in [-0.4, -0.2) is 21.0 Å². The van der Waals surface area contributed by atoms with Crippen LogP contribution < -0.4 is 0 Å². The number of fused-ring (bicyclic) bond motifs is 2. The van der Waals surface area contributed by atoms with Gasteiger partial charge in [0.05, 0.1) is 27.3 Å². The molecule has 8 heteroatoms. The molecule has 2 N–H and O–H groups in total. The number of carbonyl (C=O) groups is 1. The van der Waals surface area contributed by atoms with Crippen LogP contribution in [0.25, 0.3) is 33.1 Å². The fraction of sp³-hybridized carbons (Fsp3) is 0.0400. The second-order valence-corrected chi connectivity index (χ2v) is 8.42. The van der Waals surface area contributed by atoms with E-state index in [1.54, 1.807) is 18.2 Å². The van der Waals surface area contributed by atoms with Gasteiger partial charge < -0.3 is 10.1 Å². The number of hydrogen-bond donors (Lipinski definition) is 2. The van der Waals surface area contributed by atoms with E-state index < -0.39 is 5.91 Å². The van der Waals surface area contributed by atoms with E-state index in [1.165, 1.54) is 0 Å². The fourth-order valence-corrected chi connectivity index (χ4v) is 4.26. The summed E-state index contributed by atoms with van der Waals surface area (Å²) < 4.78 is 0. The Morgan fingerprint density at radius 2 is 1.79 bits per heavy atom. The quantitative estimate of drug-likeness (QED) is 0.263. The maximum atomic E-state index is 13.2. The number of azo groups is 1. The lowest BCUT2D eigenvalue weighted by molar-refractivity contribution is 0.0996. The minimum atomic E-state index is -0.563. The summed E-state index contributed by atoms with van der Waals surface area (Å²) in [6, 6.07) is 20.1. The average molecular weight is 475 g/mol. The summed E-state index contributed by atoms with van der Waals surface area (Å²) in [6.07, 6.45) is 0. The summed E-state index contributed by atoms with van der Waals surface area (Å²) >= 11 is 12.3. The SMILES string of the molecule is Cc1ccc2nc(-c3ccccc3)cc(C(=O)N=Nc3c(O)[nH]c4c(Cl)cc(Cl)cc34)c2c1. The number of halogens is 2. The van der Waals surface area contributed by atoms with Crippen molar-refractivity contribution >= 4 is 56.6 Å². The van der Waals surface area contributed by atoms with E-state index in [9.17, 15) is 9.90 Å². The number of H-pyrrole nitrogens is 1. The molecule has 2 heterocycles. The van der Waals surface area contributed by atoms with Crippen LogP contribution in [0.3, 0.4) is 0 Å². The van der Waals surface area contributed by atoms with Crippen molar-refractivity contribution in [1.29, 1.82) is 0 Å². The third kappa shape index (κ3) is 3.95. The number of benzene rings is 3. The van der Waals surface area contributed by atoms with E-state index in [1.807, 2.05) is 55.5 Å². The highest BCUT2D eigenvalue weighted by molar-refractivity contribution is 6.38. The molecular formula is C25H16Cl2N4O2. The number of nitrogens with one attached hydrogen (secondary N) is 1. The number of hydrogen-bond acceptors (Lipinski definition) is 4. The first kappa shape index (κ1) is 21.1. The summed E-state index contributed by atoms with van der Waals surface area (Å²) in [6.45, 7) is 1.94. The Kier molecular flexibility index (Phi) is 5.32. The van der Waals surface area contributed by atoms with Crippen molar-refractivity contribution in [2.45, 2.75) is 6.92 Å². The number of aromatic hydroxyl groups is 1. The van der Waals surface area contributed by atoms with E-state index in [4.69, 9.17) is 28.2 Å². The van der Waals surface area contributed by atoms with Crippen molar-refractivity contribution in [3.05, 3.63) is 87.9 Å². The lowest BCUT2D eigenvalue weighted by atomic mass is 10.0. The number of pyridine rings is 1. The molecular weight excluding hydrogens is 459 g/mol. The van der Waals surface area contributed by atoms with Gasteiger partial charge in [-0.2, -0.15) is 0 Å². The third-order valence-corrected chi connectivity index (χ3v) is 5.80. The number of rotatable bonds is 3. The molecule has 33 heavy (non-hydrogen) atoms. The van der Waals surface area contributed by atoms with E-state index in [-0.39, 0.29) is 11.6 Å². The van der Waals surface area contributed by atoms with Crippen LogP contribution in [0.15, 0.2) is 77.0 Å². The molecule has 0 atom stereocenters. The molecule has 5 rings (SSSR count). The van der Waals surface area contributed by atoms with Crippen LogP contribution in [0.5, 0.6) is 5.88 Å². The van der Waals surface area contributed by atoms with Crippen molar-refractivity contribution in [3.63, 3.8) is 0 Å². The highest BCUT2D eigenvalue weighted by Crippen LogP contribution is 2.40. The summed E-state index contributed by atoms with van der Waals surface area (Å²) in [4.78, 5) is 20.7. The van der Waals surface area contributed by atoms with Gasteiger partial charge in [0.15, 0.2) is 5.69 Å². The largest absolute Gasteiger partial charge is 0.493 e. The molecule has 6 nitrogen and oxygen atoms in total. The standard InChI is InChI=1S/C25H16Cl2N4O2/c1-13-7-8-20-16(9-13)17(12-21(28-20)14-5-3-2-4-6-14)24(32)31-30-23-18-10-15(26)11-19(27)22(18)29-25(23)33/h2-12,29,33H,1H3. The molecule has 1 amide bonds. The lowest BCUT2D eigenvalue weighted by Gasteiger charge is -2.08. The Labute approximate surface area is 198 Å². The maximum absolute atomic E-state index is 13.2. The molecule has 0 aliphatic rings. The Hall–Kier alpha value is -3.74. The lowest BCUT2D eigenvalue weighted by Crippen LogP contribution is -1.99. The van der Waals surface area contributed by atoms with Crippen LogP contribution in [-0.2, 0) is 0 Å². The molecule has 0 radical (unpaired) electrons. The topological polar surface area (TPSA) is 90.7 Å². The molecule has 0 bridgehead atoms. The molecule has 0 fully saturated rings. The average Bonchev–Trinajstić information content (AvgIpc) is 3.12. The van der Waals surface area contributed by atoms with Gasteiger partial charge in [0.2, 0.25) is 5.88 Å². The van der Waals surface area contributed by atoms with Gasteiger partial charge >= 0.3 is 0 Å². The normalized spacial score (nSPS) is 11.6. The molecule has 0 aliphatic carbocycles. The highest BCUT2D eigenvalue weighted by Gasteiger charge is 2.17. The Balaban J connectivity index is 1.63. The van der Waals surface area contributed by atoms with Crippen LogP contribution in [0.1, 0.15) is 15.9 Å². The number of amides is 1. The van der Waals surface area contributed by atoms with Gasteiger partial charge in [-0.3, -0.25) is 4.79 Å². The number of carbonyl (C=O) groups excluding carboxylic acids is 1. The van der Waals surface area contributed by atoms with Gasteiger partial charge in [-0.1, -0.05) is 65.2 Å². The van der Waals surface area contributed by atoms with Gasteiger partial charge in [-0.25, -0.2) is 4.98 Å². The molecule has 162 valence electrons. The minimum absolute atomic E-state index is 0.0839. The van der Waals surface area contributed by atoms with Crippen LogP contribution in [0.4, 0.5) is 5.69 Å². The summed E-state index contributed by atoms with van der Waals surface area (Å²) in [5, 5.41) is 20.1. The molecule has 2 aromatic heterocycles. The highest BCUT2D eigenvalue weighted by atomic mass is 35.5. The number of aryl methyl sites for hydroxylation is 1. The molecule has 0 unspecified atom stereocenters. The first-order valence-electron chi connectivity index (χ1n) is 10.0. The van der Waals surface area contributed by atoms with Crippen LogP contribution in [0.2, 0.25) is 10.0 Å². The number of aromatic amines is 1. The van der Waals surface area contributed by atoms with Crippen LogP contribution in [0, 0.1) is 6.92 Å². The van der Waals surface area contributed by atoms with Gasteiger partial charge in [-0.05, 0) is 37.3 Å². The fourth-order valence-electron chi connectivity index (χ4n) is 3.72. The number of nitrogens with zero attached hydrogens (tertiary/aromatic N) is 3. The first-order chi connectivity index (χ1) is 15.9. The molecule has 0 saturated carbocycles. The molecule has 3 aromatic carbocycles. The Morgan fingerprint density at radius 3 is 2.58 bits per heavy atom. The Morgan fingerprint density at radius 1 is 1.00 bits per heavy atom. The predicted molar refractivity (Wildman–Crippen MR) is 131 cm³/mol. The number of aromatic nitrogens is 2.